The fraction of sp³-hybridized carbons (Fsp3) is 0.708. The van der Waals surface area contributed by atoms with Gasteiger partial charge in [0.05, 0.1) is 33.9 Å². The van der Waals surface area contributed by atoms with Gasteiger partial charge >= 0.3 is 19.8 Å². The number of rotatable bonds is 37. The van der Waals surface area contributed by atoms with Crippen LogP contribution in [0.1, 0.15) is 158 Å². The summed E-state index contributed by atoms with van der Waals surface area (Å²) in [6.45, 7) is 8.35. The van der Waals surface area contributed by atoms with Crippen LogP contribution < -0.4 is 0 Å². The number of ether oxygens (including phenoxy) is 2. The number of quaternary nitrogens is 1. The summed E-state index contributed by atoms with van der Waals surface area (Å²) in [6.07, 6.45) is 33.6. The van der Waals surface area contributed by atoms with Crippen LogP contribution >= 0.6 is 7.82 Å². The second kappa shape index (κ2) is 33.8. The van der Waals surface area contributed by atoms with Gasteiger partial charge in [-0.15, -0.1) is 0 Å². The normalized spacial score (nSPS) is 14.5. The van der Waals surface area contributed by atoms with Crippen LogP contribution in [0.5, 0.6) is 0 Å². The Morgan fingerprint density at radius 1 is 0.700 bits per heavy atom. The molecule has 344 valence electrons. The van der Waals surface area contributed by atoms with Crippen molar-refractivity contribution in [3.63, 3.8) is 0 Å². The molecule has 0 aliphatic carbocycles. The number of hydrogen-bond donors (Lipinski definition) is 2. The van der Waals surface area contributed by atoms with Gasteiger partial charge in [0.2, 0.25) is 0 Å². The molecule has 1 rings (SSSR count). The first-order valence-electron chi connectivity index (χ1n) is 22.8. The van der Waals surface area contributed by atoms with Crippen molar-refractivity contribution < 1.29 is 51.6 Å². The molecule has 12 heteroatoms. The number of phosphoric ester groups is 1. The zero-order valence-corrected chi connectivity index (χ0v) is 39.4. The number of carbonyl (C=O) groups is 2. The van der Waals surface area contributed by atoms with Gasteiger partial charge in [0, 0.05) is 25.7 Å². The summed E-state index contributed by atoms with van der Waals surface area (Å²) >= 11 is 0. The number of aliphatic hydroxyl groups excluding tert-OH is 1. The van der Waals surface area contributed by atoms with Gasteiger partial charge in [-0.3, -0.25) is 18.6 Å². The molecule has 0 aromatic carbocycles. The number of carbonyl (C=O) groups excluding carboxylic acids is 2. The average Bonchev–Trinajstić information content (AvgIpc) is 3.45. The Balaban J connectivity index is 2.38. The highest BCUT2D eigenvalue weighted by Crippen LogP contribution is 2.43. The van der Waals surface area contributed by atoms with Gasteiger partial charge in [0.25, 0.3) is 0 Å². The third-order valence-corrected chi connectivity index (χ3v) is 11.1. The predicted molar refractivity (Wildman–Crippen MR) is 243 cm³/mol. The van der Waals surface area contributed by atoms with E-state index in [1.165, 1.54) is 24.0 Å². The summed E-state index contributed by atoms with van der Waals surface area (Å²) in [7, 11) is 1.40. The fourth-order valence-electron chi connectivity index (χ4n) is 6.30. The highest BCUT2D eigenvalue weighted by molar-refractivity contribution is 7.47. The number of aryl methyl sites for hydroxylation is 2. The minimum atomic E-state index is -4.41. The van der Waals surface area contributed by atoms with Gasteiger partial charge in [-0.1, -0.05) is 107 Å². The van der Waals surface area contributed by atoms with Crippen LogP contribution in [0.15, 0.2) is 53.0 Å². The maximum atomic E-state index is 12.8. The first-order chi connectivity index (χ1) is 28.7. The predicted octanol–water partition coefficient (Wildman–Crippen LogP) is 11.3. The molecule has 0 spiro atoms. The van der Waals surface area contributed by atoms with Crippen molar-refractivity contribution in [2.75, 3.05) is 47.5 Å². The van der Waals surface area contributed by atoms with E-state index < -0.39 is 32.5 Å². The van der Waals surface area contributed by atoms with Crippen molar-refractivity contribution in [3.8, 4) is 0 Å². The van der Waals surface area contributed by atoms with E-state index in [0.717, 1.165) is 95.0 Å². The van der Waals surface area contributed by atoms with Crippen molar-refractivity contribution >= 4 is 19.8 Å². The molecule has 0 saturated heterocycles. The van der Waals surface area contributed by atoms with Crippen LogP contribution in [0, 0.1) is 13.8 Å². The molecule has 11 nitrogen and oxygen atoms in total. The minimum Gasteiger partial charge on any atom is -0.466 e. The molecule has 3 atom stereocenters. The topological polar surface area (TPSA) is 142 Å². The highest BCUT2D eigenvalue weighted by atomic mass is 31.2. The molecular formula is C48H83NO10P+. The molecule has 0 aliphatic rings. The molecule has 60 heavy (non-hydrogen) atoms. The van der Waals surface area contributed by atoms with Crippen molar-refractivity contribution in [1.29, 1.82) is 0 Å². The molecule has 0 saturated carbocycles. The second-order valence-electron chi connectivity index (χ2n) is 16.8. The van der Waals surface area contributed by atoms with Crippen LogP contribution in [0.2, 0.25) is 0 Å². The number of phosphoric acid groups is 1. The standard InChI is InChI=1S/C48H82NO10P/c1-8-31-43(50)33-27-23-19-15-13-11-10-12-14-16-21-25-29-35-47(51)55-39-44(40-57-60(53,54)56-38-37-49(5,6)7)58-48(52)36-30-26-22-18-17-20-24-28-34-46-42(4)41(3)45(59-46)32-9-2/h10,12-13,15-16,21,23,27,43-44,50H,8-9,11,14,17-20,22,24-26,28-40H2,1-7H3/p+1/b12-10-,15-13-,21-16-,27-23-/t43?,44-/m1/s1. The zero-order chi connectivity index (χ0) is 44.5. The van der Waals surface area contributed by atoms with E-state index in [0.29, 0.717) is 36.7 Å². The van der Waals surface area contributed by atoms with Gasteiger partial charge in [-0.25, -0.2) is 4.57 Å². The summed E-state index contributed by atoms with van der Waals surface area (Å²) in [5.74, 6) is 1.37. The van der Waals surface area contributed by atoms with Crippen molar-refractivity contribution in [2.24, 2.45) is 0 Å². The largest absolute Gasteiger partial charge is 0.472 e. The molecule has 0 radical (unpaired) electrons. The third-order valence-electron chi connectivity index (χ3n) is 10.1. The molecule has 1 aromatic heterocycles. The van der Waals surface area contributed by atoms with Crippen LogP contribution in [0.3, 0.4) is 0 Å². The Hall–Kier alpha value is -2.79. The summed E-state index contributed by atoms with van der Waals surface area (Å²) in [6, 6.07) is 0. The molecular weight excluding hydrogens is 781 g/mol. The number of aliphatic hydroxyl groups is 1. The Bertz CT molecular complexity index is 1460. The number of allylic oxidation sites excluding steroid dienone is 7. The summed E-state index contributed by atoms with van der Waals surface area (Å²) in [4.78, 5) is 35.5. The van der Waals surface area contributed by atoms with Crippen LogP contribution in [-0.2, 0) is 45.5 Å². The van der Waals surface area contributed by atoms with E-state index in [1.54, 1.807) is 0 Å². The van der Waals surface area contributed by atoms with E-state index in [-0.39, 0.29) is 32.2 Å². The first-order valence-corrected chi connectivity index (χ1v) is 24.3. The minimum absolute atomic E-state index is 0.00791. The lowest BCUT2D eigenvalue weighted by Gasteiger charge is -2.24. The summed E-state index contributed by atoms with van der Waals surface area (Å²) in [5.41, 5.74) is 2.61. The first kappa shape index (κ1) is 55.2. The van der Waals surface area contributed by atoms with Crippen LogP contribution in [0.4, 0.5) is 0 Å². The lowest BCUT2D eigenvalue weighted by atomic mass is 10.0. The quantitative estimate of drug-likeness (QED) is 0.0218. The molecule has 0 fully saturated rings. The Morgan fingerprint density at radius 3 is 1.85 bits per heavy atom. The number of likely N-dealkylation sites (N-methyl/N-ethyl adjacent to an activating group) is 1. The number of hydrogen-bond acceptors (Lipinski definition) is 9. The Labute approximate surface area is 363 Å². The smallest absolute Gasteiger partial charge is 0.466 e. The summed E-state index contributed by atoms with van der Waals surface area (Å²) < 4.78 is 40.4. The number of esters is 2. The van der Waals surface area contributed by atoms with Gasteiger partial charge in [0.1, 0.15) is 31.3 Å². The lowest BCUT2D eigenvalue weighted by molar-refractivity contribution is -0.870. The number of furan rings is 1. The van der Waals surface area contributed by atoms with Crippen molar-refractivity contribution in [1.82, 2.24) is 0 Å². The maximum absolute atomic E-state index is 12.8. The van der Waals surface area contributed by atoms with Gasteiger partial charge in [0.15, 0.2) is 6.10 Å². The summed E-state index contributed by atoms with van der Waals surface area (Å²) in [5, 5.41) is 9.74. The molecule has 2 N–H and O–H groups in total. The van der Waals surface area contributed by atoms with E-state index in [1.807, 2.05) is 33.3 Å². The second-order valence-corrected chi connectivity index (χ2v) is 18.3. The molecule has 1 aromatic rings. The maximum Gasteiger partial charge on any atom is 0.472 e. The monoisotopic (exact) mass is 865 g/mol. The number of nitrogens with zero attached hydrogens (tertiary/aromatic N) is 1. The lowest BCUT2D eigenvalue weighted by Crippen LogP contribution is -2.37. The van der Waals surface area contributed by atoms with E-state index in [4.69, 9.17) is 22.9 Å². The average molecular weight is 865 g/mol. The molecule has 0 amide bonds. The van der Waals surface area contributed by atoms with Crippen molar-refractivity contribution in [3.05, 3.63) is 71.3 Å². The van der Waals surface area contributed by atoms with E-state index >= 15 is 0 Å². The van der Waals surface area contributed by atoms with E-state index in [2.05, 4.69) is 64.2 Å². The van der Waals surface area contributed by atoms with E-state index in [9.17, 15) is 24.2 Å². The Kier molecular flexibility index (Phi) is 31.1. The molecule has 1 heterocycles. The van der Waals surface area contributed by atoms with Gasteiger partial charge < -0.3 is 28.4 Å². The van der Waals surface area contributed by atoms with Crippen molar-refractivity contribution in [2.45, 2.75) is 175 Å². The zero-order valence-electron chi connectivity index (χ0n) is 38.5. The third kappa shape index (κ3) is 30.3. The van der Waals surface area contributed by atoms with Gasteiger partial charge in [-0.05, 0) is 89.2 Å². The van der Waals surface area contributed by atoms with Crippen LogP contribution in [-0.4, -0.2) is 86.1 Å². The molecule has 2 unspecified atom stereocenters. The van der Waals surface area contributed by atoms with Gasteiger partial charge in [-0.2, -0.15) is 0 Å². The van der Waals surface area contributed by atoms with Crippen LogP contribution in [0.25, 0.3) is 0 Å². The SMILES string of the molecule is CCCc1oc(CCCCCCCCCCC(=O)O[C@H](COC(=O)CCC/C=C\C/C=C\C/C=C\C/C=C\CC(O)CCC)COP(=O)(O)OCC[N+](C)(C)C)c(C)c1C. The Morgan fingerprint density at radius 2 is 1.25 bits per heavy atom. The highest BCUT2D eigenvalue weighted by Gasteiger charge is 2.27. The number of unbranched alkanes of at least 4 members (excludes halogenated alkanes) is 8. The molecule has 0 bridgehead atoms. The fourth-order valence-corrected chi connectivity index (χ4v) is 7.04. The molecule has 0 aliphatic heterocycles.